The van der Waals surface area contributed by atoms with Crippen molar-refractivity contribution in [1.29, 1.82) is 0 Å². The molecule has 8 heteroatoms. The Morgan fingerprint density at radius 2 is 2.24 bits per heavy atom. The number of benzene rings is 1. The van der Waals surface area contributed by atoms with Gasteiger partial charge in [0.05, 0.1) is 9.95 Å². The van der Waals surface area contributed by atoms with Crippen LogP contribution < -0.4 is 4.90 Å². The van der Waals surface area contributed by atoms with E-state index in [4.69, 9.17) is 11.6 Å². The number of nitrogens with zero attached hydrogens (tertiary/aromatic N) is 2. The fourth-order valence-corrected chi connectivity index (χ4v) is 2.72. The molecule has 1 heterocycles. The van der Waals surface area contributed by atoms with Crippen LogP contribution >= 0.6 is 11.6 Å². The highest BCUT2D eigenvalue weighted by Crippen LogP contribution is 2.37. The van der Waals surface area contributed by atoms with Gasteiger partial charge in [0, 0.05) is 18.7 Å². The minimum Gasteiger partial charge on any atom is -0.480 e. The van der Waals surface area contributed by atoms with E-state index in [1.54, 1.807) is 0 Å². The van der Waals surface area contributed by atoms with Crippen LogP contribution in [0.4, 0.5) is 15.8 Å². The highest BCUT2D eigenvalue weighted by molar-refractivity contribution is 6.31. The highest BCUT2D eigenvalue weighted by atomic mass is 35.5. The molecule has 1 N–H and O–H groups in total. The Morgan fingerprint density at radius 1 is 1.57 bits per heavy atom. The molecule has 1 saturated heterocycles. The van der Waals surface area contributed by atoms with Crippen LogP contribution in [0.25, 0.3) is 0 Å². The molecule has 0 amide bonds. The lowest BCUT2D eigenvalue weighted by Gasteiger charge is -2.37. The molecule has 0 aromatic heterocycles. The molecule has 2 atom stereocenters. The summed E-state index contributed by atoms with van der Waals surface area (Å²) in [5, 5.41) is 20.1. The first kappa shape index (κ1) is 15.5. The topological polar surface area (TPSA) is 83.7 Å². The summed E-state index contributed by atoms with van der Waals surface area (Å²) in [6.45, 7) is 2.24. The molecule has 2 rings (SSSR count). The maximum absolute atomic E-state index is 13.7. The Kier molecular flexibility index (Phi) is 4.32. The predicted molar refractivity (Wildman–Crippen MR) is 75.2 cm³/mol. The van der Waals surface area contributed by atoms with E-state index in [0.29, 0.717) is 19.4 Å². The number of anilines is 1. The van der Waals surface area contributed by atoms with Gasteiger partial charge >= 0.3 is 5.97 Å². The lowest BCUT2D eigenvalue weighted by molar-refractivity contribution is -0.384. The maximum Gasteiger partial charge on any atom is 0.326 e. The normalized spacial score (nSPS) is 22.1. The summed E-state index contributed by atoms with van der Waals surface area (Å²) in [4.78, 5) is 23.2. The summed E-state index contributed by atoms with van der Waals surface area (Å²) < 4.78 is 13.7. The van der Waals surface area contributed by atoms with Gasteiger partial charge in [-0.2, -0.15) is 0 Å². The number of piperidine rings is 1. The number of carboxylic acids is 1. The molecule has 0 radical (unpaired) electrons. The van der Waals surface area contributed by atoms with E-state index < -0.39 is 22.8 Å². The third-order valence-electron chi connectivity index (χ3n) is 3.67. The largest absolute Gasteiger partial charge is 0.480 e. The van der Waals surface area contributed by atoms with E-state index >= 15 is 0 Å². The smallest absolute Gasteiger partial charge is 0.326 e. The van der Waals surface area contributed by atoms with Crippen molar-refractivity contribution in [2.45, 2.75) is 25.8 Å². The zero-order chi connectivity index (χ0) is 15.7. The van der Waals surface area contributed by atoms with Crippen molar-refractivity contribution in [1.82, 2.24) is 0 Å². The van der Waals surface area contributed by atoms with Crippen LogP contribution in [-0.4, -0.2) is 28.6 Å². The molecule has 21 heavy (non-hydrogen) atoms. The number of hydrogen-bond donors (Lipinski definition) is 1. The molecule has 6 nitrogen and oxygen atoms in total. The second-order valence-electron chi connectivity index (χ2n) is 5.19. The monoisotopic (exact) mass is 316 g/mol. The molecular weight excluding hydrogens is 303 g/mol. The number of rotatable bonds is 3. The minimum absolute atomic E-state index is 0.0406. The summed E-state index contributed by atoms with van der Waals surface area (Å²) in [5.74, 6) is -1.69. The van der Waals surface area contributed by atoms with E-state index in [1.165, 1.54) is 4.90 Å². The van der Waals surface area contributed by atoms with E-state index in [1.807, 2.05) is 6.92 Å². The van der Waals surface area contributed by atoms with Gasteiger partial charge in [-0.3, -0.25) is 10.1 Å². The first-order valence-electron chi connectivity index (χ1n) is 6.44. The lowest BCUT2D eigenvalue weighted by atomic mass is 9.92. The third kappa shape index (κ3) is 3.07. The molecule has 114 valence electrons. The molecule has 1 aromatic carbocycles. The summed E-state index contributed by atoms with van der Waals surface area (Å²) in [5.41, 5.74) is -0.427. The van der Waals surface area contributed by atoms with Crippen molar-refractivity contribution in [3.05, 3.63) is 33.1 Å². The van der Waals surface area contributed by atoms with Crippen molar-refractivity contribution in [3.63, 3.8) is 0 Å². The lowest BCUT2D eigenvalue weighted by Crippen LogP contribution is -2.47. The maximum atomic E-state index is 13.7. The standard InChI is InChI=1S/C13H14ClFN2O4/c1-7-2-3-16(12(4-7)13(18)19)10-6-9(15)8(14)5-11(10)17(20)21/h5-7,12H,2-4H2,1H3,(H,18,19). The second kappa shape index (κ2) is 5.85. The van der Waals surface area contributed by atoms with E-state index in [9.17, 15) is 24.4 Å². The Labute approximate surface area is 125 Å². The number of carboxylic acid groups (broad SMARTS) is 1. The van der Waals surface area contributed by atoms with Gasteiger partial charge in [-0.1, -0.05) is 18.5 Å². The zero-order valence-corrected chi connectivity index (χ0v) is 12.0. The molecule has 1 aromatic rings. The molecular formula is C13H14ClFN2O4. The average molecular weight is 317 g/mol. The summed E-state index contributed by atoms with van der Waals surface area (Å²) in [6, 6.07) is 0.947. The second-order valence-corrected chi connectivity index (χ2v) is 5.60. The van der Waals surface area contributed by atoms with Gasteiger partial charge in [0.1, 0.15) is 17.5 Å². The summed E-state index contributed by atoms with van der Waals surface area (Å²) in [7, 11) is 0. The van der Waals surface area contributed by atoms with Gasteiger partial charge in [0.15, 0.2) is 0 Å². The predicted octanol–water partition coefficient (Wildman–Crippen LogP) is 3.08. The van der Waals surface area contributed by atoms with E-state index in [0.717, 1.165) is 12.1 Å². The van der Waals surface area contributed by atoms with Crippen LogP contribution in [-0.2, 0) is 4.79 Å². The number of hydrogen-bond acceptors (Lipinski definition) is 4. The SMILES string of the molecule is CC1CCN(c2cc(F)c(Cl)cc2[N+](=O)[O-])C(C(=O)O)C1. The molecule has 1 aliphatic rings. The van der Waals surface area contributed by atoms with Crippen LogP contribution in [0.2, 0.25) is 5.02 Å². The van der Waals surface area contributed by atoms with Crippen LogP contribution in [0, 0.1) is 21.8 Å². The molecule has 1 aliphatic heterocycles. The van der Waals surface area contributed by atoms with Crippen molar-refractivity contribution < 1.29 is 19.2 Å². The van der Waals surface area contributed by atoms with Gasteiger partial charge in [-0.05, 0) is 18.8 Å². The van der Waals surface area contributed by atoms with Gasteiger partial charge in [-0.25, -0.2) is 9.18 Å². The number of halogens is 2. The number of aliphatic carboxylic acids is 1. The fourth-order valence-electron chi connectivity index (χ4n) is 2.57. The van der Waals surface area contributed by atoms with Crippen molar-refractivity contribution in [2.75, 3.05) is 11.4 Å². The molecule has 0 spiro atoms. The van der Waals surface area contributed by atoms with Crippen LogP contribution in [0.5, 0.6) is 0 Å². The molecule has 2 unspecified atom stereocenters. The Hall–Kier alpha value is -1.89. The quantitative estimate of drug-likeness (QED) is 0.684. The molecule has 0 saturated carbocycles. The van der Waals surface area contributed by atoms with E-state index in [2.05, 4.69) is 0 Å². The highest BCUT2D eigenvalue weighted by Gasteiger charge is 2.35. The number of carbonyl (C=O) groups is 1. The first-order chi connectivity index (χ1) is 9.81. The Morgan fingerprint density at radius 3 is 2.81 bits per heavy atom. The molecule has 0 bridgehead atoms. The van der Waals surface area contributed by atoms with Gasteiger partial charge in [-0.15, -0.1) is 0 Å². The molecule has 1 fully saturated rings. The van der Waals surface area contributed by atoms with Crippen molar-refractivity contribution in [3.8, 4) is 0 Å². The van der Waals surface area contributed by atoms with Crippen molar-refractivity contribution in [2.24, 2.45) is 5.92 Å². The third-order valence-corrected chi connectivity index (χ3v) is 3.96. The summed E-state index contributed by atoms with van der Waals surface area (Å²) in [6.07, 6.45) is 1.04. The van der Waals surface area contributed by atoms with E-state index in [-0.39, 0.29) is 22.3 Å². The van der Waals surface area contributed by atoms with Gasteiger partial charge in [0.2, 0.25) is 0 Å². The van der Waals surface area contributed by atoms with Gasteiger partial charge in [0.25, 0.3) is 5.69 Å². The first-order valence-corrected chi connectivity index (χ1v) is 6.82. The van der Waals surface area contributed by atoms with Gasteiger partial charge < -0.3 is 10.0 Å². The average Bonchev–Trinajstić information content (AvgIpc) is 2.41. The zero-order valence-electron chi connectivity index (χ0n) is 11.3. The minimum atomic E-state index is -1.08. The fraction of sp³-hybridized carbons (Fsp3) is 0.462. The number of nitro benzene ring substituents is 1. The van der Waals surface area contributed by atoms with Crippen LogP contribution in [0.1, 0.15) is 19.8 Å². The van der Waals surface area contributed by atoms with Crippen molar-refractivity contribution >= 4 is 28.9 Å². The Balaban J connectivity index is 2.50. The molecule has 0 aliphatic carbocycles. The Bertz CT molecular complexity index is 596. The number of nitro groups is 1. The van der Waals surface area contributed by atoms with Crippen LogP contribution in [0.3, 0.4) is 0 Å². The van der Waals surface area contributed by atoms with Crippen LogP contribution in [0.15, 0.2) is 12.1 Å². The summed E-state index contributed by atoms with van der Waals surface area (Å²) >= 11 is 5.58.